The lowest BCUT2D eigenvalue weighted by Crippen LogP contribution is -2.09. The lowest BCUT2D eigenvalue weighted by atomic mass is 10.0. The Morgan fingerprint density at radius 2 is 2.00 bits per heavy atom. The second-order valence-electron chi connectivity index (χ2n) is 4.99. The van der Waals surface area contributed by atoms with Gasteiger partial charge in [-0.15, -0.1) is 0 Å². The quantitative estimate of drug-likeness (QED) is 0.738. The number of aromatic amines is 1. The van der Waals surface area contributed by atoms with Crippen molar-refractivity contribution in [3.63, 3.8) is 0 Å². The first-order valence-corrected chi connectivity index (χ1v) is 7.46. The zero-order chi connectivity index (χ0) is 14.4. The number of rotatable bonds is 1. The Hall–Kier alpha value is -2.14. The molecule has 5 heteroatoms. The zero-order valence-corrected chi connectivity index (χ0v) is 12.6. The summed E-state index contributed by atoms with van der Waals surface area (Å²) in [4.78, 5) is 11.9. The van der Waals surface area contributed by atoms with Crippen LogP contribution < -0.4 is 10.3 Å². The molecule has 0 amide bonds. The molecular weight excluding hydrogens is 332 g/mol. The van der Waals surface area contributed by atoms with Crippen LogP contribution in [-0.4, -0.2) is 16.8 Å². The van der Waals surface area contributed by atoms with Crippen LogP contribution in [0.5, 0.6) is 5.75 Å². The van der Waals surface area contributed by atoms with Gasteiger partial charge in [0.15, 0.2) is 0 Å². The molecule has 0 bridgehead atoms. The Kier molecular flexibility index (Phi) is 2.82. The highest BCUT2D eigenvalue weighted by molar-refractivity contribution is 9.10. The molecule has 0 spiro atoms. The predicted octanol–water partition coefficient (Wildman–Crippen LogP) is 3.29. The molecule has 3 aromatic rings. The van der Waals surface area contributed by atoms with Crippen molar-refractivity contribution in [1.82, 2.24) is 10.2 Å². The third kappa shape index (κ3) is 1.96. The molecule has 1 aromatic heterocycles. The Morgan fingerprint density at radius 1 is 1.19 bits per heavy atom. The van der Waals surface area contributed by atoms with Crippen LogP contribution >= 0.6 is 15.9 Å². The summed E-state index contributed by atoms with van der Waals surface area (Å²) >= 11 is 3.54. The van der Waals surface area contributed by atoms with E-state index in [0.717, 1.165) is 38.9 Å². The van der Waals surface area contributed by atoms with E-state index in [1.165, 1.54) is 0 Å². The number of hydrogen-bond donors (Lipinski definition) is 1. The molecule has 4 nitrogen and oxygen atoms in total. The largest absolute Gasteiger partial charge is 0.492 e. The molecule has 2 heterocycles. The molecule has 0 radical (unpaired) electrons. The third-order valence-electron chi connectivity index (χ3n) is 3.70. The SMILES string of the molecule is O=c1[nH]nc(-c2cc(Br)cc3c2OCC3)c2ccccc12. The molecule has 0 unspecified atom stereocenters. The number of halogens is 1. The van der Waals surface area contributed by atoms with Crippen LogP contribution in [0.3, 0.4) is 0 Å². The lowest BCUT2D eigenvalue weighted by Gasteiger charge is -2.10. The number of hydrogen-bond acceptors (Lipinski definition) is 3. The van der Waals surface area contributed by atoms with Gasteiger partial charge in [0.05, 0.1) is 12.0 Å². The summed E-state index contributed by atoms with van der Waals surface area (Å²) in [6.07, 6.45) is 0.892. The van der Waals surface area contributed by atoms with Crippen molar-refractivity contribution in [2.24, 2.45) is 0 Å². The van der Waals surface area contributed by atoms with Gasteiger partial charge >= 0.3 is 0 Å². The van der Waals surface area contributed by atoms with E-state index in [0.29, 0.717) is 12.0 Å². The van der Waals surface area contributed by atoms with Gasteiger partial charge in [0.25, 0.3) is 5.56 Å². The van der Waals surface area contributed by atoms with E-state index >= 15 is 0 Å². The maximum absolute atomic E-state index is 11.9. The van der Waals surface area contributed by atoms with E-state index in [2.05, 4.69) is 32.2 Å². The second kappa shape index (κ2) is 4.70. The van der Waals surface area contributed by atoms with E-state index in [4.69, 9.17) is 4.74 Å². The van der Waals surface area contributed by atoms with Crippen molar-refractivity contribution < 1.29 is 4.74 Å². The fraction of sp³-hybridized carbons (Fsp3) is 0.125. The number of nitrogens with zero attached hydrogens (tertiary/aromatic N) is 1. The van der Waals surface area contributed by atoms with Crippen molar-refractivity contribution >= 4 is 26.7 Å². The summed E-state index contributed by atoms with van der Waals surface area (Å²) in [6, 6.07) is 11.5. The van der Waals surface area contributed by atoms with Gasteiger partial charge in [0.1, 0.15) is 11.4 Å². The number of aromatic nitrogens is 2. The number of H-pyrrole nitrogens is 1. The average molecular weight is 343 g/mol. The van der Waals surface area contributed by atoms with Crippen molar-refractivity contribution in [1.29, 1.82) is 0 Å². The number of ether oxygens (including phenoxy) is 1. The fourth-order valence-corrected chi connectivity index (χ4v) is 3.27. The molecule has 0 atom stereocenters. The zero-order valence-electron chi connectivity index (χ0n) is 11.0. The van der Waals surface area contributed by atoms with E-state index in [1.54, 1.807) is 6.07 Å². The third-order valence-corrected chi connectivity index (χ3v) is 4.16. The number of nitrogens with one attached hydrogen (secondary N) is 1. The molecule has 104 valence electrons. The van der Waals surface area contributed by atoms with Gasteiger partial charge in [-0.25, -0.2) is 5.10 Å². The molecule has 1 aliphatic rings. The summed E-state index contributed by atoms with van der Waals surface area (Å²) < 4.78 is 6.75. The van der Waals surface area contributed by atoms with Crippen molar-refractivity contribution in [3.8, 4) is 17.0 Å². The summed E-state index contributed by atoms with van der Waals surface area (Å²) in [6.45, 7) is 0.681. The standard InChI is InChI=1S/C16H11BrN2O2/c17-10-7-9-5-6-21-15(9)13(8-10)14-11-3-1-2-4-12(11)16(20)19-18-14/h1-4,7-8H,5-6H2,(H,19,20). The van der Waals surface area contributed by atoms with Crippen molar-refractivity contribution in [2.45, 2.75) is 6.42 Å². The molecule has 21 heavy (non-hydrogen) atoms. The molecule has 2 aromatic carbocycles. The first kappa shape index (κ1) is 12.6. The van der Waals surface area contributed by atoms with Crippen LogP contribution in [0.25, 0.3) is 22.0 Å². The van der Waals surface area contributed by atoms with Crippen LogP contribution in [0.15, 0.2) is 45.7 Å². The highest BCUT2D eigenvalue weighted by atomic mass is 79.9. The minimum absolute atomic E-state index is 0.179. The van der Waals surface area contributed by atoms with Crippen molar-refractivity contribution in [2.75, 3.05) is 6.61 Å². The van der Waals surface area contributed by atoms with Gasteiger partial charge in [0.2, 0.25) is 0 Å². The van der Waals surface area contributed by atoms with E-state index in [-0.39, 0.29) is 5.56 Å². The van der Waals surface area contributed by atoms with Crippen LogP contribution in [0.4, 0.5) is 0 Å². The Labute approximate surface area is 128 Å². The maximum Gasteiger partial charge on any atom is 0.272 e. The Morgan fingerprint density at radius 3 is 2.86 bits per heavy atom. The van der Waals surface area contributed by atoms with Crippen LogP contribution in [0.2, 0.25) is 0 Å². The molecule has 0 aliphatic carbocycles. The number of benzene rings is 2. The number of fused-ring (bicyclic) bond motifs is 2. The lowest BCUT2D eigenvalue weighted by molar-refractivity contribution is 0.358. The first-order chi connectivity index (χ1) is 10.2. The van der Waals surface area contributed by atoms with E-state index in [9.17, 15) is 4.79 Å². The van der Waals surface area contributed by atoms with Gasteiger partial charge < -0.3 is 4.74 Å². The van der Waals surface area contributed by atoms with Crippen molar-refractivity contribution in [3.05, 3.63) is 56.8 Å². The first-order valence-electron chi connectivity index (χ1n) is 6.67. The molecule has 1 N–H and O–H groups in total. The van der Waals surface area contributed by atoms with E-state index < -0.39 is 0 Å². The van der Waals surface area contributed by atoms with E-state index in [1.807, 2.05) is 24.3 Å². The minimum atomic E-state index is -0.179. The Bertz CT molecular complexity index is 918. The fourth-order valence-electron chi connectivity index (χ4n) is 2.77. The van der Waals surface area contributed by atoms with Crippen LogP contribution in [0, 0.1) is 0 Å². The average Bonchev–Trinajstić information content (AvgIpc) is 2.95. The normalized spacial score (nSPS) is 13.2. The second-order valence-corrected chi connectivity index (χ2v) is 5.90. The monoisotopic (exact) mass is 342 g/mol. The van der Waals surface area contributed by atoms with Crippen LogP contribution in [-0.2, 0) is 6.42 Å². The predicted molar refractivity (Wildman–Crippen MR) is 84.7 cm³/mol. The molecule has 1 aliphatic heterocycles. The molecule has 0 fully saturated rings. The topological polar surface area (TPSA) is 55.0 Å². The van der Waals surface area contributed by atoms with Gasteiger partial charge in [-0.05, 0) is 23.8 Å². The summed E-state index contributed by atoms with van der Waals surface area (Å²) in [7, 11) is 0. The highest BCUT2D eigenvalue weighted by Gasteiger charge is 2.21. The molecular formula is C16H11BrN2O2. The van der Waals surface area contributed by atoms with Gasteiger partial charge in [-0.3, -0.25) is 4.79 Å². The smallest absolute Gasteiger partial charge is 0.272 e. The summed E-state index contributed by atoms with van der Waals surface area (Å²) in [5.74, 6) is 0.864. The van der Waals surface area contributed by atoms with Gasteiger partial charge in [-0.1, -0.05) is 34.1 Å². The molecule has 0 saturated heterocycles. The highest BCUT2D eigenvalue weighted by Crippen LogP contribution is 2.40. The van der Waals surface area contributed by atoms with Crippen LogP contribution in [0.1, 0.15) is 5.56 Å². The van der Waals surface area contributed by atoms with Gasteiger partial charge in [0, 0.05) is 21.8 Å². The molecule has 4 rings (SSSR count). The minimum Gasteiger partial charge on any atom is -0.492 e. The molecule has 0 saturated carbocycles. The Balaban J connectivity index is 2.09. The summed E-state index contributed by atoms with van der Waals surface area (Å²) in [5.41, 5.74) is 2.63. The van der Waals surface area contributed by atoms with Gasteiger partial charge in [-0.2, -0.15) is 5.10 Å². The maximum atomic E-state index is 11.9. The summed E-state index contributed by atoms with van der Waals surface area (Å²) in [5, 5.41) is 8.30.